The fourth-order valence-electron chi connectivity index (χ4n) is 2.40. The van der Waals surface area contributed by atoms with Crippen LogP contribution in [0, 0.1) is 6.92 Å². The molecule has 1 aromatic carbocycles. The standard InChI is InChI=1S/C16H20BrNOS/c1-5-16(6-2,19-4)15-18-14(11(3)20-15)12-7-9-13(17)10-8-12/h7-10H,5-6H2,1-4H3. The van der Waals surface area contributed by atoms with E-state index in [9.17, 15) is 0 Å². The van der Waals surface area contributed by atoms with Crippen LogP contribution < -0.4 is 0 Å². The Morgan fingerprint density at radius 3 is 2.30 bits per heavy atom. The fraction of sp³-hybridized carbons (Fsp3) is 0.438. The van der Waals surface area contributed by atoms with Gasteiger partial charge in [-0.3, -0.25) is 0 Å². The number of benzene rings is 1. The molecule has 108 valence electrons. The molecule has 0 aliphatic heterocycles. The largest absolute Gasteiger partial charge is 0.371 e. The molecule has 0 atom stereocenters. The summed E-state index contributed by atoms with van der Waals surface area (Å²) in [6.45, 7) is 6.44. The summed E-state index contributed by atoms with van der Waals surface area (Å²) in [5.41, 5.74) is 1.98. The van der Waals surface area contributed by atoms with E-state index in [0.29, 0.717) is 0 Å². The Labute approximate surface area is 133 Å². The van der Waals surface area contributed by atoms with Crippen LogP contribution in [0.15, 0.2) is 28.7 Å². The summed E-state index contributed by atoms with van der Waals surface area (Å²) in [5.74, 6) is 0. The van der Waals surface area contributed by atoms with Crippen molar-refractivity contribution in [2.75, 3.05) is 7.11 Å². The zero-order valence-corrected chi connectivity index (χ0v) is 14.8. The van der Waals surface area contributed by atoms with Gasteiger partial charge in [-0.25, -0.2) is 4.98 Å². The molecule has 2 rings (SSSR count). The van der Waals surface area contributed by atoms with Crippen molar-refractivity contribution in [3.8, 4) is 11.3 Å². The monoisotopic (exact) mass is 353 g/mol. The van der Waals surface area contributed by atoms with Gasteiger partial charge < -0.3 is 4.74 Å². The van der Waals surface area contributed by atoms with Crippen LogP contribution in [0.4, 0.5) is 0 Å². The number of ether oxygens (including phenoxy) is 1. The van der Waals surface area contributed by atoms with Crippen LogP contribution in [0.3, 0.4) is 0 Å². The third-order valence-electron chi connectivity index (χ3n) is 3.84. The molecule has 4 heteroatoms. The summed E-state index contributed by atoms with van der Waals surface area (Å²) in [6, 6.07) is 8.30. The van der Waals surface area contributed by atoms with Gasteiger partial charge in [0.25, 0.3) is 0 Å². The van der Waals surface area contributed by atoms with E-state index in [-0.39, 0.29) is 5.60 Å². The minimum Gasteiger partial charge on any atom is -0.371 e. The lowest BCUT2D eigenvalue weighted by atomic mass is 9.98. The van der Waals surface area contributed by atoms with Crippen LogP contribution in [0.25, 0.3) is 11.3 Å². The van der Waals surface area contributed by atoms with Gasteiger partial charge in [-0.1, -0.05) is 41.9 Å². The molecular weight excluding hydrogens is 334 g/mol. The second-order valence-electron chi connectivity index (χ2n) is 4.84. The maximum atomic E-state index is 5.79. The van der Waals surface area contributed by atoms with Gasteiger partial charge in [-0.05, 0) is 31.9 Å². The summed E-state index contributed by atoms with van der Waals surface area (Å²) in [5, 5.41) is 1.08. The molecule has 0 aliphatic carbocycles. The minimum absolute atomic E-state index is 0.247. The lowest BCUT2D eigenvalue weighted by Gasteiger charge is -2.27. The highest BCUT2D eigenvalue weighted by Gasteiger charge is 2.32. The van der Waals surface area contributed by atoms with Gasteiger partial charge in [-0.15, -0.1) is 11.3 Å². The molecule has 20 heavy (non-hydrogen) atoms. The van der Waals surface area contributed by atoms with Crippen LogP contribution in [0.1, 0.15) is 36.6 Å². The molecule has 0 amide bonds. The number of methoxy groups -OCH3 is 1. The van der Waals surface area contributed by atoms with E-state index in [1.54, 1.807) is 18.4 Å². The van der Waals surface area contributed by atoms with E-state index in [2.05, 4.69) is 61.0 Å². The Morgan fingerprint density at radius 1 is 1.20 bits per heavy atom. The highest BCUT2D eigenvalue weighted by molar-refractivity contribution is 9.10. The zero-order chi connectivity index (χ0) is 14.8. The third-order valence-corrected chi connectivity index (χ3v) is 5.52. The molecule has 0 saturated carbocycles. The molecule has 0 unspecified atom stereocenters. The average molecular weight is 354 g/mol. The van der Waals surface area contributed by atoms with Crippen LogP contribution >= 0.6 is 27.3 Å². The Balaban J connectivity index is 2.46. The second kappa shape index (κ2) is 6.37. The molecule has 0 bridgehead atoms. The van der Waals surface area contributed by atoms with Gasteiger partial charge in [-0.2, -0.15) is 0 Å². The number of hydrogen-bond acceptors (Lipinski definition) is 3. The molecule has 0 aliphatic rings. The van der Waals surface area contributed by atoms with Gasteiger partial charge in [0.1, 0.15) is 10.6 Å². The number of rotatable bonds is 5. The molecule has 1 aromatic heterocycles. The van der Waals surface area contributed by atoms with Crippen molar-refractivity contribution in [3.05, 3.63) is 38.6 Å². The summed E-state index contributed by atoms with van der Waals surface area (Å²) < 4.78 is 6.87. The van der Waals surface area contributed by atoms with Crippen molar-refractivity contribution in [2.24, 2.45) is 0 Å². The first-order valence-electron chi connectivity index (χ1n) is 6.85. The van der Waals surface area contributed by atoms with Gasteiger partial charge in [0.2, 0.25) is 0 Å². The van der Waals surface area contributed by atoms with Crippen molar-refractivity contribution < 1.29 is 4.74 Å². The van der Waals surface area contributed by atoms with Crippen LogP contribution in [-0.4, -0.2) is 12.1 Å². The van der Waals surface area contributed by atoms with Crippen molar-refractivity contribution in [1.82, 2.24) is 4.98 Å². The fourth-order valence-corrected chi connectivity index (χ4v) is 3.90. The average Bonchev–Trinajstić information content (AvgIpc) is 2.85. The lowest BCUT2D eigenvalue weighted by molar-refractivity contribution is -0.0218. The number of aryl methyl sites for hydroxylation is 1. The predicted octanol–water partition coefficient (Wildman–Crippen LogP) is 5.54. The molecule has 0 spiro atoms. The van der Waals surface area contributed by atoms with E-state index < -0.39 is 0 Å². The summed E-state index contributed by atoms with van der Waals surface area (Å²) in [7, 11) is 1.78. The lowest BCUT2D eigenvalue weighted by Crippen LogP contribution is -2.26. The summed E-state index contributed by atoms with van der Waals surface area (Å²) in [4.78, 5) is 6.11. The van der Waals surface area contributed by atoms with Crippen LogP contribution in [0.2, 0.25) is 0 Å². The van der Waals surface area contributed by atoms with Crippen LogP contribution in [-0.2, 0) is 10.3 Å². The normalized spacial score (nSPS) is 11.8. The van der Waals surface area contributed by atoms with Crippen molar-refractivity contribution in [1.29, 1.82) is 0 Å². The van der Waals surface area contributed by atoms with E-state index in [4.69, 9.17) is 9.72 Å². The Bertz CT molecular complexity index is 564. The van der Waals surface area contributed by atoms with Gasteiger partial charge in [0.15, 0.2) is 0 Å². The van der Waals surface area contributed by atoms with E-state index >= 15 is 0 Å². The van der Waals surface area contributed by atoms with Crippen LogP contribution in [0.5, 0.6) is 0 Å². The highest BCUT2D eigenvalue weighted by Crippen LogP contribution is 2.38. The molecule has 0 radical (unpaired) electrons. The van der Waals surface area contributed by atoms with Gasteiger partial charge in [0, 0.05) is 22.0 Å². The SMILES string of the molecule is CCC(CC)(OC)c1nc(-c2ccc(Br)cc2)c(C)s1. The maximum Gasteiger partial charge on any atom is 0.126 e. The van der Waals surface area contributed by atoms with Crippen molar-refractivity contribution in [2.45, 2.75) is 39.2 Å². The Hall–Kier alpha value is -0.710. The molecule has 1 heterocycles. The van der Waals surface area contributed by atoms with Gasteiger partial charge >= 0.3 is 0 Å². The number of nitrogens with zero attached hydrogens (tertiary/aromatic N) is 1. The van der Waals surface area contributed by atoms with Crippen molar-refractivity contribution in [3.63, 3.8) is 0 Å². The molecular formula is C16H20BrNOS. The predicted molar refractivity (Wildman–Crippen MR) is 89.3 cm³/mol. The zero-order valence-electron chi connectivity index (χ0n) is 12.4. The molecule has 2 nitrogen and oxygen atoms in total. The quantitative estimate of drug-likeness (QED) is 0.703. The van der Waals surface area contributed by atoms with E-state index in [1.807, 2.05) is 0 Å². The minimum atomic E-state index is -0.247. The summed E-state index contributed by atoms with van der Waals surface area (Å²) in [6.07, 6.45) is 1.87. The summed E-state index contributed by atoms with van der Waals surface area (Å²) >= 11 is 5.22. The topological polar surface area (TPSA) is 22.1 Å². The molecule has 0 N–H and O–H groups in total. The number of halogens is 1. The van der Waals surface area contributed by atoms with E-state index in [1.165, 1.54) is 4.88 Å². The number of thiazole rings is 1. The highest BCUT2D eigenvalue weighted by atomic mass is 79.9. The molecule has 2 aromatic rings. The third kappa shape index (κ3) is 2.83. The first kappa shape index (κ1) is 15.7. The maximum absolute atomic E-state index is 5.79. The smallest absolute Gasteiger partial charge is 0.126 e. The number of aromatic nitrogens is 1. The van der Waals surface area contributed by atoms with Crippen molar-refractivity contribution >= 4 is 27.3 Å². The number of hydrogen-bond donors (Lipinski definition) is 0. The Kier molecular flexibility index (Phi) is 4.99. The Morgan fingerprint density at radius 2 is 1.80 bits per heavy atom. The second-order valence-corrected chi connectivity index (χ2v) is 6.96. The first-order valence-corrected chi connectivity index (χ1v) is 8.46. The molecule has 0 saturated heterocycles. The molecule has 0 fully saturated rings. The van der Waals surface area contributed by atoms with Gasteiger partial charge in [0.05, 0.1) is 5.69 Å². The van der Waals surface area contributed by atoms with E-state index in [0.717, 1.165) is 33.6 Å². The first-order chi connectivity index (χ1) is 9.56.